The van der Waals surface area contributed by atoms with E-state index in [4.69, 9.17) is 0 Å². The second-order valence-corrected chi connectivity index (χ2v) is 6.15. The first-order valence-electron chi connectivity index (χ1n) is 7.49. The summed E-state index contributed by atoms with van der Waals surface area (Å²) in [4.78, 5) is 2.51. The molecule has 0 atom stereocenters. The normalized spacial score (nSPS) is 11.0. The Labute approximate surface area is 171 Å². The van der Waals surface area contributed by atoms with E-state index in [9.17, 15) is 0 Å². The maximum Gasteiger partial charge on any atom is 3.00 e. The van der Waals surface area contributed by atoms with E-state index in [0.717, 1.165) is 6.42 Å². The zero-order valence-corrected chi connectivity index (χ0v) is 18.0. The molecular weight excluding hydrogens is 404 g/mol. The molecule has 0 unspecified atom stereocenters. The van der Waals surface area contributed by atoms with E-state index in [1.807, 2.05) is 0 Å². The number of nitrogens with zero attached hydrogens (tertiary/aromatic N) is 1. The smallest absolute Gasteiger partial charge is 1.00 e. The van der Waals surface area contributed by atoms with Gasteiger partial charge in [0.1, 0.15) is 0 Å². The van der Waals surface area contributed by atoms with E-state index < -0.39 is 0 Å². The molecule has 1 aliphatic rings. The van der Waals surface area contributed by atoms with Crippen LogP contribution in [0.1, 0.15) is 38.8 Å². The van der Waals surface area contributed by atoms with Gasteiger partial charge in [0, 0.05) is 12.1 Å². The van der Waals surface area contributed by atoms with Crippen LogP contribution < -0.4 is 29.7 Å². The van der Waals surface area contributed by atoms with Gasteiger partial charge in [-0.3, -0.25) is 0 Å². The van der Waals surface area contributed by atoms with E-state index in [1.54, 1.807) is 0 Å². The van der Waals surface area contributed by atoms with Crippen molar-refractivity contribution in [2.24, 2.45) is 0 Å². The summed E-state index contributed by atoms with van der Waals surface area (Å²) in [5, 5.41) is 0. The van der Waals surface area contributed by atoms with Gasteiger partial charge in [0.15, 0.2) is 0 Å². The number of anilines is 1. The quantitative estimate of drug-likeness (QED) is 0.470. The molecule has 0 bridgehead atoms. The largest absolute Gasteiger partial charge is 3.00 e. The van der Waals surface area contributed by atoms with Crippen molar-refractivity contribution >= 4 is 5.69 Å². The van der Waals surface area contributed by atoms with Gasteiger partial charge in [0.25, 0.3) is 0 Å². The molecule has 23 heavy (non-hydrogen) atoms. The van der Waals surface area contributed by atoms with Gasteiger partial charge < -0.3 is 29.7 Å². The van der Waals surface area contributed by atoms with E-state index in [1.165, 1.54) is 27.9 Å². The monoisotopic (exact) mass is 424 g/mol. The molecule has 121 valence electrons. The predicted octanol–water partition coefficient (Wildman–Crippen LogP) is -1.31. The molecule has 1 aliphatic carbocycles. The van der Waals surface area contributed by atoms with E-state index in [2.05, 4.69) is 75.1 Å². The fourth-order valence-electron chi connectivity index (χ4n) is 3.45. The minimum atomic E-state index is 0. The van der Waals surface area contributed by atoms with Gasteiger partial charge in [-0.1, -0.05) is 41.1 Å². The molecule has 4 heteroatoms. The van der Waals surface area contributed by atoms with Crippen LogP contribution in [0.25, 0.3) is 11.1 Å². The Morgan fingerprint density at radius 1 is 0.957 bits per heavy atom. The van der Waals surface area contributed by atoms with Gasteiger partial charge >= 0.3 is 26.2 Å². The summed E-state index contributed by atoms with van der Waals surface area (Å²) in [7, 11) is 0. The maximum atomic E-state index is 3.44. The van der Waals surface area contributed by atoms with Crippen molar-refractivity contribution in [3.63, 3.8) is 0 Å². The Balaban J connectivity index is 0.00000161. The Bertz CT molecular complexity index is 633. The molecule has 0 aromatic heterocycles. The Morgan fingerprint density at radius 3 is 2.17 bits per heavy atom. The van der Waals surface area contributed by atoms with Gasteiger partial charge in [-0.05, 0) is 34.1 Å². The van der Waals surface area contributed by atoms with Crippen LogP contribution in [0, 0.1) is 6.07 Å². The van der Waals surface area contributed by atoms with Gasteiger partial charge in [0.2, 0.25) is 0 Å². The summed E-state index contributed by atoms with van der Waals surface area (Å²) in [6, 6.07) is 17.5. The molecule has 0 spiro atoms. The minimum Gasteiger partial charge on any atom is -1.00 e. The van der Waals surface area contributed by atoms with Crippen molar-refractivity contribution in [3.8, 4) is 11.1 Å². The van der Waals surface area contributed by atoms with Gasteiger partial charge in [-0.15, -0.1) is 17.2 Å². The zero-order chi connectivity index (χ0) is 14.3. The van der Waals surface area contributed by atoms with Gasteiger partial charge in [-0.25, -0.2) is 0 Å². The van der Waals surface area contributed by atoms with Crippen LogP contribution >= 0.6 is 0 Å². The summed E-state index contributed by atoms with van der Waals surface area (Å²) in [6.45, 7) is 9.07. The molecule has 3 rings (SSSR count). The first kappa shape index (κ1) is 22.7. The van der Waals surface area contributed by atoms with Crippen LogP contribution in [0.2, 0.25) is 0 Å². The SMILES string of the molecule is CC(C)N(c1cc[c-]c2c1-c1ccccc1C2)C(C)C.[Cl-].[Cl-].[Zr+3]. The molecule has 1 nitrogen and oxygen atoms in total. The summed E-state index contributed by atoms with van der Waals surface area (Å²) >= 11 is 0. The molecule has 0 fully saturated rings. The molecule has 2 aromatic rings. The molecule has 0 aliphatic heterocycles. The summed E-state index contributed by atoms with van der Waals surface area (Å²) in [6.07, 6.45) is 1.02. The number of rotatable bonds is 3. The number of hydrogen-bond donors (Lipinski definition) is 0. The van der Waals surface area contributed by atoms with Gasteiger partial charge in [-0.2, -0.15) is 12.1 Å². The number of fused-ring (bicyclic) bond motifs is 3. The second kappa shape index (κ2) is 9.26. The third kappa shape index (κ3) is 4.22. The molecule has 0 amide bonds. The van der Waals surface area contributed by atoms with Crippen LogP contribution in [-0.4, -0.2) is 12.1 Å². The van der Waals surface area contributed by atoms with Crippen LogP contribution in [0.5, 0.6) is 0 Å². The standard InChI is InChI=1S/C19H22N.2ClH.Zr/c1-13(2)20(14(3)4)18-11-7-9-16-12-15-8-5-6-10-17(15)19(16)18;;;/h5-8,10-11,13-14H,12H2,1-4H3;2*1H;/q-1;;;+3/p-2. The number of halogens is 2. The number of benzene rings is 2. The van der Waals surface area contributed by atoms with Crippen molar-refractivity contribution in [2.75, 3.05) is 4.90 Å². The average Bonchev–Trinajstić information content (AvgIpc) is 2.77. The third-order valence-electron chi connectivity index (χ3n) is 4.10. The van der Waals surface area contributed by atoms with E-state index >= 15 is 0 Å². The second-order valence-electron chi connectivity index (χ2n) is 6.15. The topological polar surface area (TPSA) is 3.24 Å². The van der Waals surface area contributed by atoms with Crippen LogP contribution in [0.15, 0.2) is 36.4 Å². The van der Waals surface area contributed by atoms with Crippen molar-refractivity contribution in [1.82, 2.24) is 0 Å². The summed E-state index contributed by atoms with van der Waals surface area (Å²) in [5.74, 6) is 0. The average molecular weight is 427 g/mol. The van der Waals surface area contributed by atoms with Crippen molar-refractivity contribution in [2.45, 2.75) is 46.2 Å². The van der Waals surface area contributed by atoms with Crippen molar-refractivity contribution in [3.05, 3.63) is 53.6 Å². The van der Waals surface area contributed by atoms with Crippen molar-refractivity contribution < 1.29 is 51.0 Å². The number of hydrogen-bond acceptors (Lipinski definition) is 1. The molecule has 0 N–H and O–H groups in total. The molecule has 1 radical (unpaired) electrons. The summed E-state index contributed by atoms with van der Waals surface area (Å²) in [5.41, 5.74) is 6.91. The Kier molecular flexibility index (Phi) is 9.14. The Hall–Kier alpha value is -0.297. The fraction of sp³-hybridized carbons (Fsp3) is 0.368. The predicted molar refractivity (Wildman–Crippen MR) is 86.3 cm³/mol. The van der Waals surface area contributed by atoms with Crippen molar-refractivity contribution in [1.29, 1.82) is 0 Å². The minimum absolute atomic E-state index is 0. The molecule has 0 saturated carbocycles. The van der Waals surface area contributed by atoms with Crippen LogP contribution in [-0.2, 0) is 32.6 Å². The first-order valence-corrected chi connectivity index (χ1v) is 7.49. The van der Waals surface area contributed by atoms with E-state index in [-0.39, 0.29) is 51.0 Å². The molecule has 0 heterocycles. The first-order chi connectivity index (χ1) is 9.59. The van der Waals surface area contributed by atoms with Crippen LogP contribution in [0.3, 0.4) is 0 Å². The molecular formula is C19H22Cl2NZr. The summed E-state index contributed by atoms with van der Waals surface area (Å²) < 4.78 is 0. The maximum absolute atomic E-state index is 3.44. The third-order valence-corrected chi connectivity index (χ3v) is 4.10. The molecule has 0 saturated heterocycles. The van der Waals surface area contributed by atoms with Crippen LogP contribution in [0.4, 0.5) is 5.69 Å². The van der Waals surface area contributed by atoms with E-state index in [0.29, 0.717) is 12.1 Å². The molecule has 2 aromatic carbocycles. The zero-order valence-electron chi connectivity index (χ0n) is 14.0. The van der Waals surface area contributed by atoms with Gasteiger partial charge in [0.05, 0.1) is 0 Å². The Morgan fingerprint density at radius 2 is 1.57 bits per heavy atom. The fourth-order valence-corrected chi connectivity index (χ4v) is 3.45.